The van der Waals surface area contributed by atoms with Gasteiger partial charge in [0.15, 0.2) is 11.4 Å². The van der Waals surface area contributed by atoms with E-state index in [0.29, 0.717) is 15.8 Å². The van der Waals surface area contributed by atoms with Crippen molar-refractivity contribution in [2.24, 2.45) is 0 Å². The van der Waals surface area contributed by atoms with Crippen molar-refractivity contribution in [3.05, 3.63) is 82.4 Å². The van der Waals surface area contributed by atoms with E-state index in [-0.39, 0.29) is 18.5 Å². The summed E-state index contributed by atoms with van der Waals surface area (Å²) < 4.78 is 54.6. The number of nitrogens with one attached hydrogen (secondary N) is 1. The molecule has 0 saturated carbocycles. The molecule has 7 nitrogen and oxygen atoms in total. The monoisotopic (exact) mass is 450 g/mol. The molecular weight excluding hydrogens is 432 g/mol. The van der Waals surface area contributed by atoms with E-state index in [0.717, 1.165) is 0 Å². The first-order chi connectivity index (χ1) is 15.1. The Morgan fingerprint density at radius 3 is 2.28 bits per heavy atom. The summed E-state index contributed by atoms with van der Waals surface area (Å²) >= 11 is 0. The topological polar surface area (TPSA) is 97.1 Å². The van der Waals surface area contributed by atoms with Crippen molar-refractivity contribution in [1.29, 1.82) is 0 Å². The van der Waals surface area contributed by atoms with E-state index in [4.69, 9.17) is 5.11 Å². The number of halogens is 4. The van der Waals surface area contributed by atoms with Gasteiger partial charge in [-0.05, 0) is 48.7 Å². The van der Waals surface area contributed by atoms with Gasteiger partial charge in [-0.1, -0.05) is 29.5 Å². The van der Waals surface area contributed by atoms with Crippen molar-refractivity contribution in [2.75, 3.05) is 0 Å². The number of carbonyl (C=O) groups is 2. The van der Waals surface area contributed by atoms with E-state index in [2.05, 4.69) is 15.6 Å². The summed E-state index contributed by atoms with van der Waals surface area (Å²) in [5, 5.41) is 18.3. The molecule has 0 bridgehead atoms. The maximum absolute atomic E-state index is 13.7. The highest BCUT2D eigenvalue weighted by molar-refractivity contribution is 5.93. The third kappa shape index (κ3) is 5.29. The molecule has 0 unspecified atom stereocenters. The molecule has 1 atom stereocenters. The molecule has 0 aliphatic heterocycles. The molecule has 3 rings (SSSR count). The summed E-state index contributed by atoms with van der Waals surface area (Å²) in [5.74, 6) is -2.66. The highest BCUT2D eigenvalue weighted by Crippen LogP contribution is 2.31. The standard InChI is InChI=1S/C21H18F4N4O3/c1-12(14-4-6-15(7-5-14)20(31)32)26-19(30)17-18(21(23,24)25)29(28-27-17)11-10-13-2-8-16(22)9-3-13/h2-9,12H,10-11H2,1H3,(H,26,30)(H,31,32)/t12-/m0/s1. The first-order valence-corrected chi connectivity index (χ1v) is 9.45. The van der Waals surface area contributed by atoms with Crippen LogP contribution in [0.1, 0.15) is 50.6 Å². The van der Waals surface area contributed by atoms with E-state index in [1.54, 1.807) is 6.92 Å². The predicted octanol–water partition coefficient (Wildman–Crippen LogP) is 3.87. The van der Waals surface area contributed by atoms with Crippen molar-refractivity contribution in [1.82, 2.24) is 20.3 Å². The first-order valence-electron chi connectivity index (χ1n) is 9.45. The zero-order valence-electron chi connectivity index (χ0n) is 16.7. The second-order valence-corrected chi connectivity index (χ2v) is 7.01. The Morgan fingerprint density at radius 2 is 1.72 bits per heavy atom. The van der Waals surface area contributed by atoms with E-state index in [1.165, 1.54) is 48.5 Å². The van der Waals surface area contributed by atoms with Crippen LogP contribution in [0.5, 0.6) is 0 Å². The molecule has 32 heavy (non-hydrogen) atoms. The second kappa shape index (κ2) is 9.16. The average molecular weight is 450 g/mol. The molecule has 2 N–H and O–H groups in total. The Labute approximate surface area is 179 Å². The molecule has 0 radical (unpaired) electrons. The molecule has 3 aromatic rings. The number of alkyl halides is 3. The van der Waals surface area contributed by atoms with Crippen LogP contribution in [0.4, 0.5) is 17.6 Å². The van der Waals surface area contributed by atoms with Crippen molar-refractivity contribution in [3.63, 3.8) is 0 Å². The predicted molar refractivity (Wildman–Crippen MR) is 104 cm³/mol. The minimum atomic E-state index is -4.88. The summed E-state index contributed by atoms with van der Waals surface area (Å²) in [5.41, 5.74) is -1.02. The van der Waals surface area contributed by atoms with Gasteiger partial charge in [0.2, 0.25) is 0 Å². The molecule has 0 aliphatic rings. The third-order valence-corrected chi connectivity index (χ3v) is 4.75. The fraction of sp³-hybridized carbons (Fsp3) is 0.238. The van der Waals surface area contributed by atoms with Gasteiger partial charge in [0.05, 0.1) is 11.6 Å². The second-order valence-electron chi connectivity index (χ2n) is 7.01. The van der Waals surface area contributed by atoms with E-state index in [9.17, 15) is 27.2 Å². The lowest BCUT2D eigenvalue weighted by molar-refractivity contribution is -0.144. The van der Waals surface area contributed by atoms with Crippen LogP contribution in [0.2, 0.25) is 0 Å². The Kier molecular flexibility index (Phi) is 6.56. The lowest BCUT2D eigenvalue weighted by Crippen LogP contribution is -2.29. The van der Waals surface area contributed by atoms with Gasteiger partial charge < -0.3 is 10.4 Å². The molecule has 0 saturated heterocycles. The van der Waals surface area contributed by atoms with Gasteiger partial charge in [0.1, 0.15) is 5.82 Å². The molecular formula is C21H18F4N4O3. The minimum Gasteiger partial charge on any atom is -0.478 e. The number of carbonyl (C=O) groups excluding carboxylic acids is 1. The highest BCUT2D eigenvalue weighted by Gasteiger charge is 2.41. The Hall–Kier alpha value is -3.76. The normalized spacial score (nSPS) is 12.4. The molecule has 0 fully saturated rings. The molecule has 0 aliphatic carbocycles. The summed E-state index contributed by atoms with van der Waals surface area (Å²) in [6.07, 6.45) is -4.76. The van der Waals surface area contributed by atoms with Crippen molar-refractivity contribution < 1.29 is 32.3 Å². The molecule has 168 valence electrons. The van der Waals surface area contributed by atoms with Gasteiger partial charge >= 0.3 is 12.1 Å². The fourth-order valence-corrected chi connectivity index (χ4v) is 3.05. The summed E-state index contributed by atoms with van der Waals surface area (Å²) in [4.78, 5) is 23.5. The third-order valence-electron chi connectivity index (χ3n) is 4.75. The summed E-state index contributed by atoms with van der Waals surface area (Å²) in [7, 11) is 0. The quantitative estimate of drug-likeness (QED) is 0.533. The zero-order chi connectivity index (χ0) is 23.5. The zero-order valence-corrected chi connectivity index (χ0v) is 16.7. The lowest BCUT2D eigenvalue weighted by Gasteiger charge is -2.15. The van der Waals surface area contributed by atoms with Gasteiger partial charge in [-0.3, -0.25) is 4.79 Å². The summed E-state index contributed by atoms with van der Waals surface area (Å²) in [6.45, 7) is 1.33. The number of aromatic nitrogens is 3. The maximum atomic E-state index is 13.7. The van der Waals surface area contributed by atoms with Gasteiger partial charge in [-0.25, -0.2) is 13.9 Å². The van der Waals surface area contributed by atoms with Crippen LogP contribution in [-0.4, -0.2) is 32.0 Å². The first kappa shape index (κ1) is 22.9. The number of aromatic carboxylic acids is 1. The van der Waals surface area contributed by atoms with Crippen molar-refractivity contribution in [3.8, 4) is 0 Å². The lowest BCUT2D eigenvalue weighted by atomic mass is 10.1. The summed E-state index contributed by atoms with van der Waals surface area (Å²) in [6, 6.07) is 10.2. The van der Waals surface area contributed by atoms with E-state index < -0.39 is 41.3 Å². The number of carboxylic acids is 1. The SMILES string of the molecule is C[C@H](NC(=O)c1nnn(CCc2ccc(F)cc2)c1C(F)(F)F)c1ccc(C(=O)O)cc1. The fourth-order valence-electron chi connectivity index (χ4n) is 3.05. The van der Waals surface area contributed by atoms with E-state index in [1.807, 2.05) is 0 Å². The van der Waals surface area contributed by atoms with Crippen molar-refractivity contribution in [2.45, 2.75) is 32.1 Å². The van der Waals surface area contributed by atoms with Crippen LogP contribution in [0, 0.1) is 5.82 Å². The van der Waals surface area contributed by atoms with Gasteiger partial charge in [0, 0.05) is 6.54 Å². The van der Waals surface area contributed by atoms with Crippen LogP contribution in [0.3, 0.4) is 0 Å². The Morgan fingerprint density at radius 1 is 1.09 bits per heavy atom. The molecule has 1 amide bonds. The van der Waals surface area contributed by atoms with Crippen LogP contribution in [0.15, 0.2) is 48.5 Å². The number of hydrogen-bond acceptors (Lipinski definition) is 4. The van der Waals surface area contributed by atoms with Gasteiger partial charge in [-0.15, -0.1) is 5.10 Å². The van der Waals surface area contributed by atoms with Crippen molar-refractivity contribution >= 4 is 11.9 Å². The number of benzene rings is 2. The Bertz CT molecular complexity index is 1110. The number of amides is 1. The number of hydrogen-bond donors (Lipinski definition) is 2. The number of carboxylic acid groups (broad SMARTS) is 1. The van der Waals surface area contributed by atoms with Gasteiger partial charge in [0.25, 0.3) is 5.91 Å². The van der Waals surface area contributed by atoms with Crippen LogP contribution in [-0.2, 0) is 19.1 Å². The van der Waals surface area contributed by atoms with Crippen LogP contribution < -0.4 is 5.32 Å². The highest BCUT2D eigenvalue weighted by atomic mass is 19.4. The number of rotatable bonds is 7. The largest absolute Gasteiger partial charge is 0.478 e. The molecule has 0 spiro atoms. The molecule has 1 heterocycles. The maximum Gasteiger partial charge on any atom is 0.435 e. The van der Waals surface area contributed by atoms with Gasteiger partial charge in [-0.2, -0.15) is 13.2 Å². The smallest absolute Gasteiger partial charge is 0.435 e. The number of aryl methyl sites for hydroxylation is 2. The minimum absolute atomic E-state index is 0.0377. The molecule has 11 heteroatoms. The molecule has 1 aromatic heterocycles. The average Bonchev–Trinajstić information content (AvgIpc) is 3.18. The van der Waals surface area contributed by atoms with Crippen LogP contribution in [0.25, 0.3) is 0 Å². The van der Waals surface area contributed by atoms with Crippen LogP contribution >= 0.6 is 0 Å². The number of nitrogens with zero attached hydrogens (tertiary/aromatic N) is 3. The molecule has 2 aromatic carbocycles. The van der Waals surface area contributed by atoms with E-state index >= 15 is 0 Å². The Balaban J connectivity index is 1.77.